The van der Waals surface area contributed by atoms with Gasteiger partial charge < -0.3 is 19.5 Å². The van der Waals surface area contributed by atoms with Gasteiger partial charge >= 0.3 is 0 Å². The van der Waals surface area contributed by atoms with Gasteiger partial charge in [-0.25, -0.2) is 0 Å². The molecule has 6 nitrogen and oxygen atoms in total. The number of aliphatic hydroxyl groups is 1. The zero-order valence-corrected chi connectivity index (χ0v) is 17.1. The zero-order valence-electron chi connectivity index (χ0n) is 17.1. The van der Waals surface area contributed by atoms with Gasteiger partial charge in [-0.05, 0) is 30.5 Å². The Morgan fingerprint density at radius 3 is 2.33 bits per heavy atom. The fourth-order valence-electron chi connectivity index (χ4n) is 4.51. The molecule has 1 aliphatic carbocycles. The molecule has 6 heteroatoms. The third kappa shape index (κ3) is 3.32. The number of hydrogen-bond donors (Lipinski definition) is 1. The number of carbonyl (C=O) groups is 2. The number of ketones is 1. The standard InChI is InChI=1S/C24H25NO5/c1-29-17-12-13-18(19(14-17)30-2)22(26)20-21(15-8-4-3-5-9-15)25(24(28)23(20)27)16-10-6-7-11-16/h3-5,8-9,12-14,16,21,26H,6-7,10-11H2,1-2H3/b22-20-. The molecule has 1 heterocycles. The van der Waals surface area contributed by atoms with Crippen LogP contribution in [0.25, 0.3) is 5.76 Å². The van der Waals surface area contributed by atoms with Gasteiger partial charge in [0.05, 0.1) is 31.4 Å². The predicted molar refractivity (Wildman–Crippen MR) is 112 cm³/mol. The first-order valence-corrected chi connectivity index (χ1v) is 10.1. The van der Waals surface area contributed by atoms with Crippen molar-refractivity contribution < 1.29 is 24.2 Å². The topological polar surface area (TPSA) is 76.1 Å². The maximum Gasteiger partial charge on any atom is 0.295 e. The Balaban J connectivity index is 1.90. The van der Waals surface area contributed by atoms with Crippen LogP contribution in [0.2, 0.25) is 0 Å². The molecular weight excluding hydrogens is 382 g/mol. The average Bonchev–Trinajstić information content (AvgIpc) is 3.40. The number of aliphatic hydroxyl groups excluding tert-OH is 1. The molecule has 1 atom stereocenters. The summed E-state index contributed by atoms with van der Waals surface area (Å²) in [5, 5.41) is 11.2. The van der Waals surface area contributed by atoms with Crippen LogP contribution in [0.4, 0.5) is 0 Å². The molecule has 156 valence electrons. The molecule has 2 aliphatic rings. The van der Waals surface area contributed by atoms with Crippen LogP contribution < -0.4 is 9.47 Å². The number of hydrogen-bond acceptors (Lipinski definition) is 5. The molecule has 1 saturated carbocycles. The van der Waals surface area contributed by atoms with Crippen LogP contribution in [-0.4, -0.2) is 42.0 Å². The fraction of sp³-hybridized carbons (Fsp3) is 0.333. The molecular formula is C24H25NO5. The summed E-state index contributed by atoms with van der Waals surface area (Å²) in [6.45, 7) is 0. The maximum atomic E-state index is 13.1. The molecule has 4 rings (SSSR count). The third-order valence-corrected chi connectivity index (χ3v) is 5.98. The molecule has 1 N–H and O–H groups in total. The van der Waals surface area contributed by atoms with Crippen molar-refractivity contribution in [3.05, 3.63) is 65.2 Å². The summed E-state index contributed by atoms with van der Waals surface area (Å²) in [7, 11) is 3.02. The van der Waals surface area contributed by atoms with Crippen molar-refractivity contribution in [1.29, 1.82) is 0 Å². The Kier molecular flexibility index (Phi) is 5.48. The van der Waals surface area contributed by atoms with Crippen molar-refractivity contribution in [2.75, 3.05) is 14.2 Å². The minimum Gasteiger partial charge on any atom is -0.507 e. The number of benzene rings is 2. The van der Waals surface area contributed by atoms with E-state index in [-0.39, 0.29) is 17.4 Å². The summed E-state index contributed by atoms with van der Waals surface area (Å²) in [5.41, 5.74) is 1.25. The molecule has 0 spiro atoms. The van der Waals surface area contributed by atoms with Crippen LogP contribution in [0.3, 0.4) is 0 Å². The molecule has 1 unspecified atom stereocenters. The first-order chi connectivity index (χ1) is 14.6. The van der Waals surface area contributed by atoms with Gasteiger partial charge in [-0.2, -0.15) is 0 Å². The molecule has 2 aromatic rings. The van der Waals surface area contributed by atoms with E-state index in [9.17, 15) is 14.7 Å². The number of nitrogens with zero attached hydrogens (tertiary/aromatic N) is 1. The molecule has 0 radical (unpaired) electrons. The SMILES string of the molecule is COc1ccc(/C(O)=C2/C(=O)C(=O)N(C3CCCC3)C2c2ccccc2)c(OC)c1. The molecule has 30 heavy (non-hydrogen) atoms. The van der Waals surface area contributed by atoms with Crippen molar-refractivity contribution in [1.82, 2.24) is 4.90 Å². The minimum absolute atomic E-state index is 0.00489. The van der Waals surface area contributed by atoms with E-state index < -0.39 is 17.7 Å². The molecule has 2 aromatic carbocycles. The second-order valence-electron chi connectivity index (χ2n) is 7.62. The van der Waals surface area contributed by atoms with Crippen LogP contribution in [-0.2, 0) is 9.59 Å². The third-order valence-electron chi connectivity index (χ3n) is 5.98. The lowest BCUT2D eigenvalue weighted by atomic mass is 9.94. The number of carbonyl (C=O) groups excluding carboxylic acids is 2. The van der Waals surface area contributed by atoms with Crippen LogP contribution in [0, 0.1) is 0 Å². The number of Topliss-reactive ketones (excluding diaryl/α,β-unsaturated/α-hetero) is 1. The van der Waals surface area contributed by atoms with Gasteiger partial charge in [0.2, 0.25) is 0 Å². The number of rotatable bonds is 5. The van der Waals surface area contributed by atoms with Gasteiger partial charge in [0.25, 0.3) is 11.7 Å². The normalized spacial score (nSPS) is 21.3. The van der Waals surface area contributed by atoms with Crippen LogP contribution in [0.15, 0.2) is 54.1 Å². The summed E-state index contributed by atoms with van der Waals surface area (Å²) in [6, 6.07) is 13.7. The van der Waals surface area contributed by atoms with E-state index in [0.717, 1.165) is 31.2 Å². The largest absolute Gasteiger partial charge is 0.507 e. The maximum absolute atomic E-state index is 13.1. The van der Waals surface area contributed by atoms with Crippen LogP contribution >= 0.6 is 0 Å². The van der Waals surface area contributed by atoms with E-state index in [4.69, 9.17) is 9.47 Å². The van der Waals surface area contributed by atoms with E-state index in [2.05, 4.69) is 0 Å². The van der Waals surface area contributed by atoms with Gasteiger partial charge in [0.1, 0.15) is 17.3 Å². The zero-order chi connectivity index (χ0) is 21.3. The number of methoxy groups -OCH3 is 2. The lowest BCUT2D eigenvalue weighted by molar-refractivity contribution is -0.141. The molecule has 1 amide bonds. The van der Waals surface area contributed by atoms with E-state index >= 15 is 0 Å². The highest BCUT2D eigenvalue weighted by Gasteiger charge is 2.49. The van der Waals surface area contributed by atoms with Gasteiger partial charge in [0.15, 0.2) is 0 Å². The highest BCUT2D eigenvalue weighted by molar-refractivity contribution is 6.46. The summed E-state index contributed by atoms with van der Waals surface area (Å²) >= 11 is 0. The Hall–Kier alpha value is -3.28. The second-order valence-corrected chi connectivity index (χ2v) is 7.62. The van der Waals surface area contributed by atoms with E-state index in [1.54, 1.807) is 23.1 Å². The monoisotopic (exact) mass is 407 g/mol. The van der Waals surface area contributed by atoms with Crippen molar-refractivity contribution in [3.63, 3.8) is 0 Å². The van der Waals surface area contributed by atoms with Crippen molar-refractivity contribution in [2.45, 2.75) is 37.8 Å². The second kappa shape index (κ2) is 8.22. The number of likely N-dealkylation sites (tertiary alicyclic amines) is 1. The Morgan fingerprint density at radius 2 is 1.70 bits per heavy atom. The highest BCUT2D eigenvalue weighted by atomic mass is 16.5. The number of amides is 1. The Morgan fingerprint density at radius 1 is 1.00 bits per heavy atom. The smallest absolute Gasteiger partial charge is 0.295 e. The summed E-state index contributed by atoms with van der Waals surface area (Å²) in [5.74, 6) is -0.516. The van der Waals surface area contributed by atoms with E-state index in [1.165, 1.54) is 14.2 Å². The molecule has 0 bridgehead atoms. The number of ether oxygens (including phenoxy) is 2. The fourth-order valence-corrected chi connectivity index (χ4v) is 4.51. The average molecular weight is 407 g/mol. The lowest BCUT2D eigenvalue weighted by Gasteiger charge is -2.30. The van der Waals surface area contributed by atoms with Gasteiger partial charge in [-0.3, -0.25) is 9.59 Å². The Bertz CT molecular complexity index is 992. The minimum atomic E-state index is -0.661. The van der Waals surface area contributed by atoms with E-state index in [0.29, 0.717) is 17.1 Å². The van der Waals surface area contributed by atoms with Gasteiger partial charge in [-0.15, -0.1) is 0 Å². The van der Waals surface area contributed by atoms with Crippen molar-refractivity contribution >= 4 is 17.4 Å². The lowest BCUT2D eigenvalue weighted by Crippen LogP contribution is -2.37. The molecule has 0 aromatic heterocycles. The van der Waals surface area contributed by atoms with Gasteiger partial charge in [-0.1, -0.05) is 43.2 Å². The van der Waals surface area contributed by atoms with Gasteiger partial charge in [0, 0.05) is 12.1 Å². The van der Waals surface area contributed by atoms with E-state index in [1.807, 2.05) is 30.3 Å². The summed E-state index contributed by atoms with van der Waals surface area (Å²) in [4.78, 5) is 27.8. The summed E-state index contributed by atoms with van der Waals surface area (Å²) < 4.78 is 10.6. The molecule has 1 aliphatic heterocycles. The first kappa shape index (κ1) is 20.0. The summed E-state index contributed by atoms with van der Waals surface area (Å²) in [6.07, 6.45) is 3.79. The Labute approximate surface area is 175 Å². The van der Waals surface area contributed by atoms with Crippen molar-refractivity contribution in [3.8, 4) is 11.5 Å². The highest BCUT2D eigenvalue weighted by Crippen LogP contribution is 2.44. The molecule has 2 fully saturated rings. The predicted octanol–water partition coefficient (Wildman–Crippen LogP) is 4.07. The van der Waals surface area contributed by atoms with Crippen LogP contribution in [0.5, 0.6) is 11.5 Å². The molecule has 1 saturated heterocycles. The van der Waals surface area contributed by atoms with Crippen molar-refractivity contribution in [2.24, 2.45) is 0 Å². The quantitative estimate of drug-likeness (QED) is 0.459. The first-order valence-electron chi connectivity index (χ1n) is 10.1. The van der Waals surface area contributed by atoms with Crippen LogP contribution in [0.1, 0.15) is 42.9 Å².